The van der Waals surface area contributed by atoms with Gasteiger partial charge in [0.2, 0.25) is 0 Å². The molecule has 1 atom stereocenters. The lowest BCUT2D eigenvalue weighted by Gasteiger charge is -2.07. The molecular formula is C14H16N2OS. The van der Waals surface area contributed by atoms with Crippen molar-refractivity contribution in [3.05, 3.63) is 59.4 Å². The van der Waals surface area contributed by atoms with Gasteiger partial charge < -0.3 is 5.73 Å². The molecule has 18 heavy (non-hydrogen) atoms. The highest BCUT2D eigenvalue weighted by Crippen LogP contribution is 2.15. The highest BCUT2D eigenvalue weighted by Gasteiger charge is 2.08. The molecule has 2 rings (SSSR count). The van der Waals surface area contributed by atoms with E-state index in [0.29, 0.717) is 12.3 Å². The summed E-state index contributed by atoms with van der Waals surface area (Å²) < 4.78 is 12.3. The number of aromatic nitrogens is 1. The molecule has 0 fully saturated rings. The third-order valence-electron chi connectivity index (χ3n) is 2.72. The lowest BCUT2D eigenvalue weighted by molar-refractivity contribution is 0.682. The van der Waals surface area contributed by atoms with Crippen molar-refractivity contribution in [3.63, 3.8) is 0 Å². The van der Waals surface area contributed by atoms with Gasteiger partial charge in [-0.3, -0.25) is 9.19 Å². The van der Waals surface area contributed by atoms with Crippen molar-refractivity contribution in [2.75, 3.05) is 0 Å². The van der Waals surface area contributed by atoms with Gasteiger partial charge in [0.1, 0.15) is 0 Å². The van der Waals surface area contributed by atoms with Crippen molar-refractivity contribution >= 4 is 10.8 Å². The number of nitrogens with two attached hydrogens (primary N) is 1. The fourth-order valence-electron chi connectivity index (χ4n) is 1.77. The van der Waals surface area contributed by atoms with Gasteiger partial charge in [0.25, 0.3) is 0 Å². The number of benzene rings is 1. The summed E-state index contributed by atoms with van der Waals surface area (Å²) in [6.45, 7) is 2.37. The van der Waals surface area contributed by atoms with Crippen LogP contribution >= 0.6 is 0 Å². The molecule has 2 aromatic rings. The topological polar surface area (TPSA) is 56.0 Å². The average molecular weight is 260 g/mol. The quantitative estimate of drug-likeness (QED) is 0.916. The number of hydrogen-bond donors (Lipinski definition) is 1. The van der Waals surface area contributed by atoms with E-state index in [1.807, 2.05) is 43.3 Å². The molecule has 0 bridgehead atoms. The second-order valence-electron chi connectivity index (χ2n) is 4.12. The molecule has 4 heteroatoms. The minimum absolute atomic E-state index is 0.376. The summed E-state index contributed by atoms with van der Waals surface area (Å²) in [5, 5.41) is 0. The Morgan fingerprint density at radius 2 is 2.11 bits per heavy atom. The molecule has 0 aliphatic carbocycles. The molecule has 1 aromatic carbocycles. The summed E-state index contributed by atoms with van der Waals surface area (Å²) in [4.78, 5) is 5.05. The molecule has 0 radical (unpaired) electrons. The minimum atomic E-state index is -1.05. The molecule has 94 valence electrons. The second kappa shape index (κ2) is 5.89. The number of rotatable bonds is 4. The predicted octanol–water partition coefficient (Wildman–Crippen LogP) is 2.16. The second-order valence-corrected chi connectivity index (χ2v) is 5.57. The van der Waals surface area contributed by atoms with Crippen molar-refractivity contribution in [1.82, 2.24) is 4.98 Å². The lowest BCUT2D eigenvalue weighted by atomic mass is 10.2. The van der Waals surface area contributed by atoms with Gasteiger partial charge in [-0.05, 0) is 36.2 Å². The Balaban J connectivity index is 2.21. The van der Waals surface area contributed by atoms with Crippen molar-refractivity contribution in [1.29, 1.82) is 0 Å². The van der Waals surface area contributed by atoms with E-state index in [-0.39, 0.29) is 0 Å². The van der Waals surface area contributed by atoms with E-state index in [1.165, 1.54) is 0 Å². The highest BCUT2D eigenvalue weighted by molar-refractivity contribution is 7.84. The standard InChI is InChI=1S/C14H16N2OS/c1-11-4-2-6-13(8-11)18(17)10-12-5-3-7-16-14(12)9-15/h2-8H,9-10,15H2,1H3. The third kappa shape index (κ3) is 3.03. The van der Waals surface area contributed by atoms with E-state index in [2.05, 4.69) is 4.98 Å². The van der Waals surface area contributed by atoms with Gasteiger partial charge >= 0.3 is 0 Å². The molecule has 0 aliphatic heterocycles. The van der Waals surface area contributed by atoms with Gasteiger partial charge in [-0.15, -0.1) is 0 Å². The lowest BCUT2D eigenvalue weighted by Crippen LogP contribution is -2.06. The van der Waals surface area contributed by atoms with E-state index in [4.69, 9.17) is 5.73 Å². The van der Waals surface area contributed by atoms with Crippen LogP contribution in [0.5, 0.6) is 0 Å². The van der Waals surface area contributed by atoms with Gasteiger partial charge in [-0.25, -0.2) is 0 Å². The molecule has 1 aromatic heterocycles. The average Bonchev–Trinajstić information content (AvgIpc) is 2.39. The van der Waals surface area contributed by atoms with Crippen LogP contribution in [0.1, 0.15) is 16.8 Å². The van der Waals surface area contributed by atoms with Gasteiger partial charge in [-0.1, -0.05) is 18.2 Å². The van der Waals surface area contributed by atoms with Crippen LogP contribution in [0, 0.1) is 6.92 Å². The number of hydrogen-bond acceptors (Lipinski definition) is 3. The molecule has 1 unspecified atom stereocenters. The van der Waals surface area contributed by atoms with E-state index in [1.54, 1.807) is 6.20 Å². The summed E-state index contributed by atoms with van der Waals surface area (Å²) in [5.41, 5.74) is 8.52. The fourth-order valence-corrected chi connectivity index (χ4v) is 3.03. The summed E-state index contributed by atoms with van der Waals surface area (Å²) in [6.07, 6.45) is 1.71. The van der Waals surface area contributed by atoms with Crippen LogP contribution in [0.2, 0.25) is 0 Å². The minimum Gasteiger partial charge on any atom is -0.325 e. The van der Waals surface area contributed by atoms with E-state index in [0.717, 1.165) is 21.7 Å². The highest BCUT2D eigenvalue weighted by atomic mass is 32.2. The van der Waals surface area contributed by atoms with Gasteiger partial charge in [0.15, 0.2) is 0 Å². The Kier molecular flexibility index (Phi) is 4.23. The maximum Gasteiger partial charge on any atom is 0.0580 e. The maximum atomic E-state index is 12.3. The summed E-state index contributed by atoms with van der Waals surface area (Å²) >= 11 is 0. The van der Waals surface area contributed by atoms with Crippen molar-refractivity contribution < 1.29 is 4.21 Å². The zero-order valence-electron chi connectivity index (χ0n) is 10.3. The van der Waals surface area contributed by atoms with E-state index in [9.17, 15) is 4.21 Å². The third-order valence-corrected chi connectivity index (χ3v) is 4.07. The monoisotopic (exact) mass is 260 g/mol. The summed E-state index contributed by atoms with van der Waals surface area (Å²) in [6, 6.07) is 11.5. The van der Waals surface area contributed by atoms with Crippen LogP contribution in [0.4, 0.5) is 0 Å². The van der Waals surface area contributed by atoms with Crippen molar-refractivity contribution in [2.45, 2.75) is 24.1 Å². The fraction of sp³-hybridized carbons (Fsp3) is 0.214. The van der Waals surface area contributed by atoms with Gasteiger partial charge in [-0.2, -0.15) is 0 Å². The van der Waals surface area contributed by atoms with E-state index >= 15 is 0 Å². The molecule has 2 N–H and O–H groups in total. The first-order valence-corrected chi connectivity index (χ1v) is 7.10. The van der Waals surface area contributed by atoms with Crippen LogP contribution in [-0.4, -0.2) is 9.19 Å². The molecule has 0 aliphatic rings. The first-order valence-electron chi connectivity index (χ1n) is 5.78. The van der Waals surface area contributed by atoms with Crippen molar-refractivity contribution in [3.8, 4) is 0 Å². The Morgan fingerprint density at radius 1 is 1.28 bits per heavy atom. The van der Waals surface area contributed by atoms with Gasteiger partial charge in [0.05, 0.1) is 22.2 Å². The molecule has 0 saturated heterocycles. The normalized spacial score (nSPS) is 12.3. The maximum absolute atomic E-state index is 12.3. The summed E-state index contributed by atoms with van der Waals surface area (Å²) in [5.74, 6) is 0.462. The van der Waals surface area contributed by atoms with Crippen LogP contribution in [0.15, 0.2) is 47.5 Å². The largest absolute Gasteiger partial charge is 0.325 e. The van der Waals surface area contributed by atoms with Crippen molar-refractivity contribution in [2.24, 2.45) is 5.73 Å². The Labute approximate surface area is 110 Å². The number of aryl methyl sites for hydroxylation is 1. The Morgan fingerprint density at radius 3 is 2.83 bits per heavy atom. The predicted molar refractivity (Wildman–Crippen MR) is 73.4 cm³/mol. The molecule has 0 amide bonds. The first-order chi connectivity index (χ1) is 8.70. The molecule has 3 nitrogen and oxygen atoms in total. The first kappa shape index (κ1) is 12.9. The molecule has 0 spiro atoms. The molecule has 1 heterocycles. The van der Waals surface area contributed by atoms with Crippen LogP contribution in [0.3, 0.4) is 0 Å². The van der Waals surface area contributed by atoms with Gasteiger partial charge in [0, 0.05) is 17.6 Å². The zero-order chi connectivity index (χ0) is 13.0. The smallest absolute Gasteiger partial charge is 0.0580 e. The van der Waals surface area contributed by atoms with Crippen LogP contribution in [0.25, 0.3) is 0 Å². The van der Waals surface area contributed by atoms with Crippen LogP contribution < -0.4 is 5.73 Å². The van der Waals surface area contributed by atoms with Crippen LogP contribution in [-0.2, 0) is 23.1 Å². The Bertz CT molecular complexity index is 569. The summed E-state index contributed by atoms with van der Waals surface area (Å²) in [7, 11) is -1.05. The Hall–Kier alpha value is -1.52. The number of nitrogens with zero attached hydrogens (tertiary/aromatic N) is 1. The molecular weight excluding hydrogens is 244 g/mol. The molecule has 0 saturated carbocycles. The number of pyridine rings is 1. The van der Waals surface area contributed by atoms with E-state index < -0.39 is 10.8 Å². The zero-order valence-corrected chi connectivity index (χ0v) is 11.1. The SMILES string of the molecule is Cc1cccc(S(=O)Cc2cccnc2CN)c1.